The van der Waals surface area contributed by atoms with Crippen molar-refractivity contribution in [2.75, 3.05) is 0 Å². The Kier molecular flexibility index (Phi) is 4.88. The molecule has 0 bridgehead atoms. The number of benzene rings is 1. The molecule has 0 amide bonds. The number of hydrogen-bond acceptors (Lipinski definition) is 3. The van der Waals surface area contributed by atoms with Crippen LogP contribution < -0.4 is 0 Å². The van der Waals surface area contributed by atoms with Gasteiger partial charge in [-0.2, -0.15) is 0 Å². The third kappa shape index (κ3) is 3.65. The lowest BCUT2D eigenvalue weighted by Gasteiger charge is -2.28. The average Bonchev–Trinajstić information content (AvgIpc) is 2.43. The highest BCUT2D eigenvalue weighted by Crippen LogP contribution is 2.31. The molecule has 1 aromatic rings. The number of nitro groups is 1. The molecule has 0 radical (unpaired) electrons. The molecule has 4 heteroatoms. The van der Waals surface area contributed by atoms with Crippen LogP contribution in [0.15, 0.2) is 24.3 Å². The smallest absolute Gasteiger partial charge is 0.269 e. The Hall–Kier alpha value is -1.71. The van der Waals surface area contributed by atoms with Crippen molar-refractivity contribution in [3.8, 4) is 0 Å². The highest BCUT2D eigenvalue weighted by atomic mass is 16.6. The molecule has 0 N–H and O–H groups in total. The van der Waals surface area contributed by atoms with Gasteiger partial charge in [-0.3, -0.25) is 14.9 Å². The summed E-state index contributed by atoms with van der Waals surface area (Å²) in [5.41, 5.74) is 1.12. The Morgan fingerprint density at radius 3 is 2.60 bits per heavy atom. The van der Waals surface area contributed by atoms with Gasteiger partial charge in [0.1, 0.15) is 5.78 Å². The number of ketones is 1. The summed E-state index contributed by atoms with van der Waals surface area (Å²) in [5.74, 6) is 1.12. The van der Waals surface area contributed by atoms with Gasteiger partial charge < -0.3 is 0 Å². The minimum atomic E-state index is -0.396. The van der Waals surface area contributed by atoms with E-state index in [1.807, 2.05) is 0 Å². The van der Waals surface area contributed by atoms with Crippen LogP contribution in [0.25, 0.3) is 0 Å². The molecule has 1 fully saturated rings. The van der Waals surface area contributed by atoms with Crippen LogP contribution in [0.1, 0.15) is 44.6 Å². The van der Waals surface area contributed by atoms with Crippen molar-refractivity contribution in [2.45, 2.75) is 45.4 Å². The Labute approximate surface area is 119 Å². The Morgan fingerprint density at radius 1 is 1.30 bits per heavy atom. The lowest BCUT2D eigenvalue weighted by molar-refractivity contribution is -0.384. The van der Waals surface area contributed by atoms with Crippen LogP contribution in [-0.2, 0) is 11.2 Å². The molecule has 0 spiro atoms. The average molecular weight is 275 g/mol. The van der Waals surface area contributed by atoms with E-state index in [-0.39, 0.29) is 11.6 Å². The first-order chi connectivity index (χ1) is 9.60. The summed E-state index contributed by atoms with van der Waals surface area (Å²) in [7, 11) is 0. The monoisotopic (exact) mass is 275 g/mol. The fourth-order valence-electron chi connectivity index (χ4n) is 3.11. The first-order valence-corrected chi connectivity index (χ1v) is 7.36. The van der Waals surface area contributed by atoms with E-state index in [0.717, 1.165) is 24.8 Å². The lowest BCUT2D eigenvalue weighted by atomic mass is 9.76. The maximum Gasteiger partial charge on any atom is 0.269 e. The third-order valence-electron chi connectivity index (χ3n) is 4.20. The number of nitrogens with zero attached hydrogens (tertiary/aromatic N) is 1. The second-order valence-corrected chi connectivity index (χ2v) is 5.72. The van der Waals surface area contributed by atoms with Crippen LogP contribution in [-0.4, -0.2) is 10.7 Å². The normalized spacial score (nSPS) is 22.8. The van der Waals surface area contributed by atoms with Crippen LogP contribution in [0.5, 0.6) is 0 Å². The first-order valence-electron chi connectivity index (χ1n) is 7.36. The van der Waals surface area contributed by atoms with Crippen molar-refractivity contribution < 1.29 is 9.72 Å². The number of hydrogen-bond donors (Lipinski definition) is 0. The van der Waals surface area contributed by atoms with Crippen molar-refractivity contribution in [3.05, 3.63) is 39.9 Å². The molecular formula is C16H21NO3. The number of nitro benzene ring substituents is 1. The van der Waals surface area contributed by atoms with E-state index in [2.05, 4.69) is 6.92 Å². The Bertz CT molecular complexity index is 481. The zero-order valence-corrected chi connectivity index (χ0v) is 11.9. The predicted molar refractivity (Wildman–Crippen MR) is 77.5 cm³/mol. The molecule has 0 saturated heterocycles. The second-order valence-electron chi connectivity index (χ2n) is 5.72. The second kappa shape index (κ2) is 6.64. The number of non-ortho nitro benzene ring substituents is 1. The quantitative estimate of drug-likeness (QED) is 0.604. The van der Waals surface area contributed by atoms with Crippen molar-refractivity contribution in [3.63, 3.8) is 0 Å². The minimum Gasteiger partial charge on any atom is -0.299 e. The molecule has 0 aromatic heterocycles. The zero-order valence-electron chi connectivity index (χ0n) is 11.9. The van der Waals surface area contributed by atoms with Gasteiger partial charge in [-0.25, -0.2) is 0 Å². The van der Waals surface area contributed by atoms with Gasteiger partial charge in [-0.05, 0) is 30.7 Å². The molecule has 2 unspecified atom stereocenters. The van der Waals surface area contributed by atoms with Crippen LogP contribution in [0, 0.1) is 22.0 Å². The molecule has 4 nitrogen and oxygen atoms in total. The summed E-state index contributed by atoms with van der Waals surface area (Å²) in [6.45, 7) is 2.18. The van der Waals surface area contributed by atoms with Gasteiger partial charge in [-0.1, -0.05) is 31.9 Å². The Morgan fingerprint density at radius 2 is 2.00 bits per heavy atom. The van der Waals surface area contributed by atoms with Gasteiger partial charge in [-0.15, -0.1) is 0 Å². The van der Waals surface area contributed by atoms with Gasteiger partial charge in [0, 0.05) is 24.5 Å². The van der Waals surface area contributed by atoms with Crippen LogP contribution >= 0.6 is 0 Å². The number of carbonyl (C=O) groups excluding carboxylic acids is 1. The van der Waals surface area contributed by atoms with Gasteiger partial charge in [0.05, 0.1) is 4.92 Å². The van der Waals surface area contributed by atoms with Crippen molar-refractivity contribution >= 4 is 11.5 Å². The van der Waals surface area contributed by atoms with E-state index in [1.165, 1.54) is 25.0 Å². The Balaban J connectivity index is 2.00. The SMILES string of the molecule is CCCC1CCC(=O)C(Cc2ccc([N+](=O)[O-])cc2)C1. The van der Waals surface area contributed by atoms with Gasteiger partial charge in [0.25, 0.3) is 5.69 Å². The van der Waals surface area contributed by atoms with E-state index >= 15 is 0 Å². The minimum absolute atomic E-state index is 0.0988. The lowest BCUT2D eigenvalue weighted by Crippen LogP contribution is -2.26. The highest BCUT2D eigenvalue weighted by Gasteiger charge is 2.28. The highest BCUT2D eigenvalue weighted by molar-refractivity contribution is 5.82. The van der Waals surface area contributed by atoms with Crippen LogP contribution in [0.4, 0.5) is 5.69 Å². The van der Waals surface area contributed by atoms with Gasteiger partial charge in [0.15, 0.2) is 0 Å². The molecule has 1 aliphatic carbocycles. The van der Waals surface area contributed by atoms with Crippen molar-refractivity contribution in [1.29, 1.82) is 0 Å². The molecule has 1 saturated carbocycles. The summed E-state index contributed by atoms with van der Waals surface area (Å²) in [6, 6.07) is 6.59. The number of Topliss-reactive ketones (excluding diaryl/α,β-unsaturated/α-hetero) is 1. The molecule has 108 valence electrons. The first kappa shape index (κ1) is 14.7. The summed E-state index contributed by atoms with van der Waals surface area (Å²) < 4.78 is 0. The summed E-state index contributed by atoms with van der Waals surface area (Å²) in [6.07, 6.45) is 5.79. The third-order valence-corrected chi connectivity index (χ3v) is 4.20. The number of rotatable bonds is 5. The molecule has 0 heterocycles. The van der Waals surface area contributed by atoms with E-state index in [4.69, 9.17) is 0 Å². The van der Waals surface area contributed by atoms with E-state index in [9.17, 15) is 14.9 Å². The molecule has 2 atom stereocenters. The van der Waals surface area contributed by atoms with E-state index in [0.29, 0.717) is 18.1 Å². The van der Waals surface area contributed by atoms with Gasteiger partial charge in [0.2, 0.25) is 0 Å². The fraction of sp³-hybridized carbons (Fsp3) is 0.562. The van der Waals surface area contributed by atoms with E-state index < -0.39 is 4.92 Å². The molecule has 20 heavy (non-hydrogen) atoms. The zero-order chi connectivity index (χ0) is 14.5. The number of carbonyl (C=O) groups is 1. The molecule has 2 rings (SSSR count). The fourth-order valence-corrected chi connectivity index (χ4v) is 3.11. The van der Waals surface area contributed by atoms with Crippen LogP contribution in [0.3, 0.4) is 0 Å². The largest absolute Gasteiger partial charge is 0.299 e. The predicted octanol–water partition coefficient (Wildman–Crippen LogP) is 3.92. The standard InChI is InChI=1S/C16H21NO3/c1-2-3-12-6-9-16(18)14(10-12)11-13-4-7-15(8-5-13)17(19)20/h4-5,7-8,12,14H,2-3,6,9-11H2,1H3. The molecule has 1 aromatic carbocycles. The molecule has 1 aliphatic rings. The van der Waals surface area contributed by atoms with Crippen LogP contribution in [0.2, 0.25) is 0 Å². The molecule has 0 aliphatic heterocycles. The van der Waals surface area contributed by atoms with Crippen molar-refractivity contribution in [2.24, 2.45) is 11.8 Å². The maximum absolute atomic E-state index is 12.0. The van der Waals surface area contributed by atoms with Crippen molar-refractivity contribution in [1.82, 2.24) is 0 Å². The summed E-state index contributed by atoms with van der Waals surface area (Å²) >= 11 is 0. The maximum atomic E-state index is 12.0. The van der Waals surface area contributed by atoms with E-state index in [1.54, 1.807) is 12.1 Å². The summed E-state index contributed by atoms with van der Waals surface area (Å²) in [4.78, 5) is 22.2. The summed E-state index contributed by atoms with van der Waals surface area (Å²) in [5, 5.41) is 10.6. The topological polar surface area (TPSA) is 60.2 Å². The van der Waals surface area contributed by atoms with Gasteiger partial charge >= 0.3 is 0 Å². The molecular weight excluding hydrogens is 254 g/mol.